The summed E-state index contributed by atoms with van der Waals surface area (Å²) in [5, 5.41) is 8.65. The molecule has 1 nitrogen and oxygen atoms in total. The Bertz CT molecular complexity index is 108. The van der Waals surface area contributed by atoms with E-state index in [-0.39, 0.29) is 0 Å². The Kier molecular flexibility index (Phi) is 8.57. The second-order valence-corrected chi connectivity index (χ2v) is 3.47. The first kappa shape index (κ1) is 11.7. The molecule has 0 spiro atoms. The van der Waals surface area contributed by atoms with Gasteiger partial charge in [-0.3, -0.25) is 0 Å². The Hall–Kier alpha value is -0.300. The molecule has 0 aliphatic heterocycles. The van der Waals surface area contributed by atoms with Crippen molar-refractivity contribution < 1.29 is 5.11 Å². The van der Waals surface area contributed by atoms with Crippen LogP contribution in [-0.4, -0.2) is 11.7 Å². The Morgan fingerprint density at radius 2 is 2.08 bits per heavy atom. The zero-order chi connectivity index (χ0) is 9.23. The van der Waals surface area contributed by atoms with E-state index in [1.807, 2.05) is 0 Å². The summed E-state index contributed by atoms with van der Waals surface area (Å²) >= 11 is 0. The van der Waals surface area contributed by atoms with E-state index in [0.717, 1.165) is 12.8 Å². The van der Waals surface area contributed by atoms with Crippen LogP contribution in [0.4, 0.5) is 0 Å². The molecule has 1 unspecified atom stereocenters. The molecule has 0 aromatic heterocycles. The number of aliphatic hydroxyl groups is 1. The molecule has 1 N–H and O–H groups in total. The summed E-state index contributed by atoms with van der Waals surface area (Å²) in [6, 6.07) is 0. The number of aliphatic hydroxyl groups excluding tert-OH is 1. The monoisotopic (exact) mass is 170 g/mol. The number of hydrogen-bond donors (Lipinski definition) is 1. The van der Waals surface area contributed by atoms with Gasteiger partial charge >= 0.3 is 0 Å². The van der Waals surface area contributed by atoms with Gasteiger partial charge in [0.2, 0.25) is 0 Å². The molecule has 0 rings (SSSR count). The molecule has 0 aromatic rings. The van der Waals surface area contributed by atoms with Crippen molar-refractivity contribution in [3.8, 4) is 0 Å². The molecule has 0 aliphatic carbocycles. The van der Waals surface area contributed by atoms with Crippen LogP contribution in [0.3, 0.4) is 0 Å². The predicted octanol–water partition coefficient (Wildman–Crippen LogP) is 3.14. The maximum Gasteiger partial charge on any atom is 0.0433 e. The molecular formula is C11H22O. The highest BCUT2D eigenvalue weighted by atomic mass is 16.2. The Morgan fingerprint density at radius 1 is 1.33 bits per heavy atom. The standard InChI is InChI=1S/C11H22O/c1-3-4-5-6-7-8-11(2)9-10-12/h6-7,11-12H,3-5,8-10H2,1-2H3/b7-6+. The van der Waals surface area contributed by atoms with Gasteiger partial charge < -0.3 is 5.11 Å². The summed E-state index contributed by atoms with van der Waals surface area (Å²) < 4.78 is 0. The van der Waals surface area contributed by atoms with Gasteiger partial charge in [-0.15, -0.1) is 0 Å². The molecule has 1 atom stereocenters. The van der Waals surface area contributed by atoms with Gasteiger partial charge in [0.25, 0.3) is 0 Å². The van der Waals surface area contributed by atoms with Crippen LogP contribution < -0.4 is 0 Å². The van der Waals surface area contributed by atoms with Gasteiger partial charge in [0.1, 0.15) is 0 Å². The van der Waals surface area contributed by atoms with E-state index in [0.29, 0.717) is 12.5 Å². The van der Waals surface area contributed by atoms with Crippen LogP contribution in [0.25, 0.3) is 0 Å². The molecule has 0 amide bonds. The van der Waals surface area contributed by atoms with Crippen molar-refractivity contribution in [1.82, 2.24) is 0 Å². The van der Waals surface area contributed by atoms with Gasteiger partial charge in [0.05, 0.1) is 0 Å². The third-order valence-corrected chi connectivity index (χ3v) is 2.05. The van der Waals surface area contributed by atoms with Gasteiger partial charge in [-0.05, 0) is 25.2 Å². The number of allylic oxidation sites excluding steroid dienone is 2. The fourth-order valence-electron chi connectivity index (χ4n) is 1.11. The zero-order valence-corrected chi connectivity index (χ0v) is 8.42. The molecule has 72 valence electrons. The fourth-order valence-corrected chi connectivity index (χ4v) is 1.11. The lowest BCUT2D eigenvalue weighted by molar-refractivity contribution is 0.263. The number of unbranched alkanes of at least 4 members (excludes halogenated alkanes) is 2. The Morgan fingerprint density at radius 3 is 2.67 bits per heavy atom. The Labute approximate surface area is 76.5 Å². The molecule has 0 saturated heterocycles. The van der Waals surface area contributed by atoms with E-state index in [2.05, 4.69) is 26.0 Å². The molecule has 0 fully saturated rings. The van der Waals surface area contributed by atoms with Crippen molar-refractivity contribution in [2.75, 3.05) is 6.61 Å². The Balaban J connectivity index is 3.21. The predicted molar refractivity (Wildman–Crippen MR) is 54.1 cm³/mol. The first-order valence-corrected chi connectivity index (χ1v) is 5.07. The first-order chi connectivity index (χ1) is 5.81. The highest BCUT2D eigenvalue weighted by Crippen LogP contribution is 2.07. The van der Waals surface area contributed by atoms with Crippen LogP contribution in [0.5, 0.6) is 0 Å². The SMILES string of the molecule is CCCC/C=C/CC(C)CCO. The maximum atomic E-state index is 8.65. The molecule has 1 heteroatoms. The lowest BCUT2D eigenvalue weighted by Crippen LogP contribution is -1.95. The largest absolute Gasteiger partial charge is 0.396 e. The van der Waals surface area contributed by atoms with Gasteiger partial charge in [-0.1, -0.05) is 38.8 Å². The van der Waals surface area contributed by atoms with Crippen molar-refractivity contribution in [3.05, 3.63) is 12.2 Å². The van der Waals surface area contributed by atoms with Gasteiger partial charge in [-0.25, -0.2) is 0 Å². The van der Waals surface area contributed by atoms with Gasteiger partial charge in [0, 0.05) is 6.61 Å². The lowest BCUT2D eigenvalue weighted by Gasteiger charge is -2.04. The van der Waals surface area contributed by atoms with Crippen LogP contribution in [0.2, 0.25) is 0 Å². The van der Waals surface area contributed by atoms with Crippen molar-refractivity contribution in [2.24, 2.45) is 5.92 Å². The summed E-state index contributed by atoms with van der Waals surface area (Å²) in [4.78, 5) is 0. The molecule has 0 heterocycles. The second-order valence-electron chi connectivity index (χ2n) is 3.47. The molecule has 12 heavy (non-hydrogen) atoms. The van der Waals surface area contributed by atoms with E-state index in [1.54, 1.807) is 0 Å². The normalized spacial score (nSPS) is 13.9. The minimum Gasteiger partial charge on any atom is -0.396 e. The summed E-state index contributed by atoms with van der Waals surface area (Å²) in [7, 11) is 0. The van der Waals surface area contributed by atoms with E-state index in [1.165, 1.54) is 19.3 Å². The third kappa shape index (κ3) is 7.80. The zero-order valence-electron chi connectivity index (χ0n) is 8.42. The van der Waals surface area contributed by atoms with E-state index < -0.39 is 0 Å². The lowest BCUT2D eigenvalue weighted by atomic mass is 10.0. The minimum atomic E-state index is 0.323. The van der Waals surface area contributed by atoms with Crippen LogP contribution in [0, 0.1) is 5.92 Å². The first-order valence-electron chi connectivity index (χ1n) is 5.07. The van der Waals surface area contributed by atoms with Gasteiger partial charge in [-0.2, -0.15) is 0 Å². The average molecular weight is 170 g/mol. The van der Waals surface area contributed by atoms with E-state index in [4.69, 9.17) is 5.11 Å². The number of rotatable bonds is 7. The van der Waals surface area contributed by atoms with E-state index in [9.17, 15) is 0 Å². The highest BCUT2D eigenvalue weighted by molar-refractivity contribution is 4.82. The second kappa shape index (κ2) is 8.79. The van der Waals surface area contributed by atoms with Crippen LogP contribution >= 0.6 is 0 Å². The van der Waals surface area contributed by atoms with Crippen LogP contribution in [0.15, 0.2) is 12.2 Å². The van der Waals surface area contributed by atoms with Gasteiger partial charge in [0.15, 0.2) is 0 Å². The quantitative estimate of drug-likeness (QED) is 0.459. The highest BCUT2D eigenvalue weighted by Gasteiger charge is 1.96. The average Bonchev–Trinajstić information content (AvgIpc) is 2.05. The van der Waals surface area contributed by atoms with Crippen molar-refractivity contribution in [2.45, 2.75) is 46.0 Å². The topological polar surface area (TPSA) is 20.2 Å². The summed E-state index contributed by atoms with van der Waals surface area (Å²) in [6.07, 6.45) is 10.3. The summed E-state index contributed by atoms with van der Waals surface area (Å²) in [5.41, 5.74) is 0. The third-order valence-electron chi connectivity index (χ3n) is 2.05. The minimum absolute atomic E-state index is 0.323. The molecule has 0 bridgehead atoms. The summed E-state index contributed by atoms with van der Waals surface area (Å²) in [6.45, 7) is 4.71. The van der Waals surface area contributed by atoms with Crippen LogP contribution in [0.1, 0.15) is 46.0 Å². The smallest absolute Gasteiger partial charge is 0.0433 e. The molecule has 0 radical (unpaired) electrons. The van der Waals surface area contributed by atoms with Crippen molar-refractivity contribution >= 4 is 0 Å². The molecule has 0 aromatic carbocycles. The molecule has 0 saturated carbocycles. The fraction of sp³-hybridized carbons (Fsp3) is 0.818. The summed E-state index contributed by atoms with van der Waals surface area (Å²) in [5.74, 6) is 0.632. The molecular weight excluding hydrogens is 148 g/mol. The number of hydrogen-bond acceptors (Lipinski definition) is 1. The molecule has 0 aliphatic rings. The van der Waals surface area contributed by atoms with E-state index >= 15 is 0 Å². The van der Waals surface area contributed by atoms with Crippen molar-refractivity contribution in [3.63, 3.8) is 0 Å². The van der Waals surface area contributed by atoms with Crippen molar-refractivity contribution in [1.29, 1.82) is 0 Å². The van der Waals surface area contributed by atoms with Crippen LogP contribution in [-0.2, 0) is 0 Å². The maximum absolute atomic E-state index is 8.65.